The molecular formula is C22H43OS2+. The van der Waals surface area contributed by atoms with Crippen LogP contribution < -0.4 is 0 Å². The van der Waals surface area contributed by atoms with E-state index in [1.807, 2.05) is 11.8 Å². The molecule has 3 heteroatoms. The highest BCUT2D eigenvalue weighted by Crippen LogP contribution is 2.47. The Morgan fingerprint density at radius 1 is 0.800 bits per heavy atom. The molecule has 0 aromatic heterocycles. The van der Waals surface area contributed by atoms with Crippen LogP contribution in [0.1, 0.15) is 89.9 Å². The van der Waals surface area contributed by atoms with Crippen LogP contribution in [0.15, 0.2) is 0 Å². The predicted molar refractivity (Wildman–Crippen MR) is 118 cm³/mol. The van der Waals surface area contributed by atoms with Gasteiger partial charge in [0.15, 0.2) is 0 Å². The van der Waals surface area contributed by atoms with E-state index in [2.05, 4.69) is 6.26 Å². The number of unbranched alkanes of at least 4 members (excludes halogenated alkanes) is 9. The average molecular weight is 388 g/mol. The van der Waals surface area contributed by atoms with Crippen molar-refractivity contribution in [2.45, 2.75) is 95.1 Å². The van der Waals surface area contributed by atoms with Gasteiger partial charge in [-0.2, -0.15) is 11.8 Å². The van der Waals surface area contributed by atoms with Crippen LogP contribution in [0.3, 0.4) is 0 Å². The highest BCUT2D eigenvalue weighted by atomic mass is 32.2. The van der Waals surface area contributed by atoms with Crippen molar-refractivity contribution in [3.8, 4) is 0 Å². The van der Waals surface area contributed by atoms with Crippen molar-refractivity contribution < 1.29 is 5.11 Å². The Labute approximate surface area is 164 Å². The third kappa shape index (κ3) is 8.93. The van der Waals surface area contributed by atoms with Crippen molar-refractivity contribution in [1.29, 1.82) is 0 Å². The molecule has 0 amide bonds. The van der Waals surface area contributed by atoms with Gasteiger partial charge in [0, 0.05) is 11.7 Å². The molecule has 148 valence electrons. The molecule has 0 aliphatic heterocycles. The van der Waals surface area contributed by atoms with Gasteiger partial charge in [-0.1, -0.05) is 44.9 Å². The lowest BCUT2D eigenvalue weighted by Crippen LogP contribution is -2.28. The maximum atomic E-state index is 8.72. The van der Waals surface area contributed by atoms with Gasteiger partial charge in [0.1, 0.15) is 11.0 Å². The van der Waals surface area contributed by atoms with E-state index in [-0.39, 0.29) is 0 Å². The Balaban J connectivity index is 1.29. The summed E-state index contributed by atoms with van der Waals surface area (Å²) in [6.07, 6.45) is 23.3. The molecule has 2 fully saturated rings. The van der Waals surface area contributed by atoms with Gasteiger partial charge in [0.2, 0.25) is 0 Å². The fraction of sp³-hybridized carbons (Fsp3) is 1.00. The van der Waals surface area contributed by atoms with E-state index in [1.165, 1.54) is 75.7 Å². The first-order valence-corrected chi connectivity index (χ1v) is 14.1. The van der Waals surface area contributed by atoms with E-state index in [0.29, 0.717) is 6.61 Å². The zero-order chi connectivity index (χ0) is 17.7. The molecule has 1 N–H and O–H groups in total. The molecular weight excluding hydrogens is 344 g/mol. The lowest BCUT2D eigenvalue weighted by Gasteiger charge is -2.20. The van der Waals surface area contributed by atoms with Crippen molar-refractivity contribution in [3.63, 3.8) is 0 Å². The van der Waals surface area contributed by atoms with Gasteiger partial charge in [-0.3, -0.25) is 0 Å². The summed E-state index contributed by atoms with van der Waals surface area (Å²) in [5.41, 5.74) is 0. The molecule has 0 aromatic rings. The smallest absolute Gasteiger partial charge is 0.121 e. The highest BCUT2D eigenvalue weighted by Gasteiger charge is 2.46. The van der Waals surface area contributed by atoms with E-state index >= 15 is 0 Å². The number of hydrogen-bond donors (Lipinski definition) is 1. The predicted octanol–water partition coefficient (Wildman–Crippen LogP) is 6.05. The van der Waals surface area contributed by atoms with Gasteiger partial charge in [0.25, 0.3) is 0 Å². The lowest BCUT2D eigenvalue weighted by molar-refractivity contribution is 0.322. The van der Waals surface area contributed by atoms with Crippen LogP contribution in [-0.4, -0.2) is 40.5 Å². The summed E-state index contributed by atoms with van der Waals surface area (Å²) in [5, 5.41) is 9.85. The minimum atomic E-state index is 0.339. The van der Waals surface area contributed by atoms with Gasteiger partial charge >= 0.3 is 0 Å². The molecule has 2 aliphatic rings. The summed E-state index contributed by atoms with van der Waals surface area (Å²) >= 11 is 1.90. The minimum absolute atomic E-state index is 0.339. The van der Waals surface area contributed by atoms with Crippen LogP contribution in [0, 0.1) is 11.8 Å². The molecule has 0 saturated heterocycles. The summed E-state index contributed by atoms with van der Waals surface area (Å²) in [6, 6.07) is 0. The molecule has 1 nitrogen and oxygen atoms in total. The maximum Gasteiger partial charge on any atom is 0.121 e. The molecule has 25 heavy (non-hydrogen) atoms. The summed E-state index contributed by atoms with van der Waals surface area (Å²) in [4.78, 5) is 0. The minimum Gasteiger partial charge on any atom is -0.396 e. The summed E-state index contributed by atoms with van der Waals surface area (Å²) in [6.45, 7) is 0.339. The lowest BCUT2D eigenvalue weighted by atomic mass is 10.0. The second-order valence-corrected chi connectivity index (χ2v) is 12.1. The number of thioether (sulfide) groups is 1. The standard InChI is InChI=1S/C22H43OS2/c1-25(22-19-20-12-13-21(22)18-20)17-11-9-7-5-3-2-4-6-8-10-15-24-16-14-23/h20-23H,2-19H2,1H3/q+1. The third-order valence-corrected chi connectivity index (χ3v) is 10.0. The van der Waals surface area contributed by atoms with Crippen molar-refractivity contribution in [1.82, 2.24) is 0 Å². The first kappa shape index (κ1) is 22.0. The van der Waals surface area contributed by atoms with E-state index in [1.54, 1.807) is 25.7 Å². The quantitative estimate of drug-likeness (QED) is 0.257. The number of fused-ring (bicyclic) bond motifs is 2. The number of rotatable bonds is 16. The fourth-order valence-corrected chi connectivity index (χ4v) is 8.15. The molecule has 2 bridgehead atoms. The number of hydrogen-bond acceptors (Lipinski definition) is 2. The van der Waals surface area contributed by atoms with Crippen LogP contribution in [0.2, 0.25) is 0 Å². The van der Waals surface area contributed by atoms with Crippen LogP contribution >= 0.6 is 11.8 Å². The van der Waals surface area contributed by atoms with Gasteiger partial charge in [-0.25, -0.2) is 0 Å². The molecule has 2 saturated carbocycles. The number of aliphatic hydroxyl groups excluding tert-OH is 1. The SMILES string of the molecule is C[S+](CCCCCCCCCCCCSCCO)C1CC2CCC1C2. The van der Waals surface area contributed by atoms with Crippen molar-refractivity contribution in [3.05, 3.63) is 0 Å². The third-order valence-electron chi connectivity index (χ3n) is 6.43. The van der Waals surface area contributed by atoms with Crippen LogP contribution in [-0.2, 0) is 10.9 Å². The molecule has 0 spiro atoms. The second-order valence-electron chi connectivity index (χ2n) is 8.48. The Morgan fingerprint density at radius 2 is 1.44 bits per heavy atom. The van der Waals surface area contributed by atoms with E-state index in [4.69, 9.17) is 5.11 Å². The van der Waals surface area contributed by atoms with E-state index in [9.17, 15) is 0 Å². The Bertz CT molecular complexity index is 323. The van der Waals surface area contributed by atoms with Crippen molar-refractivity contribution in [2.75, 3.05) is 30.1 Å². The molecule has 2 rings (SSSR count). The molecule has 0 aromatic carbocycles. The zero-order valence-corrected chi connectivity index (χ0v) is 18.4. The van der Waals surface area contributed by atoms with E-state index < -0.39 is 0 Å². The molecule has 4 unspecified atom stereocenters. The van der Waals surface area contributed by atoms with Crippen LogP contribution in [0.5, 0.6) is 0 Å². The van der Waals surface area contributed by atoms with Gasteiger partial charge in [-0.05, 0) is 67.5 Å². The van der Waals surface area contributed by atoms with Gasteiger partial charge in [-0.15, -0.1) is 0 Å². The highest BCUT2D eigenvalue weighted by molar-refractivity contribution is 7.99. The Kier molecular flexibility index (Phi) is 12.1. The summed E-state index contributed by atoms with van der Waals surface area (Å²) in [5.74, 6) is 5.95. The fourth-order valence-electron chi connectivity index (χ4n) is 4.95. The van der Waals surface area contributed by atoms with Crippen molar-refractivity contribution >= 4 is 22.7 Å². The Morgan fingerprint density at radius 3 is 2.00 bits per heavy atom. The van der Waals surface area contributed by atoms with E-state index in [0.717, 1.165) is 33.7 Å². The second kappa shape index (κ2) is 13.8. The van der Waals surface area contributed by atoms with Crippen LogP contribution in [0.25, 0.3) is 0 Å². The first-order valence-electron chi connectivity index (χ1n) is 11.1. The topological polar surface area (TPSA) is 20.2 Å². The maximum absolute atomic E-state index is 8.72. The van der Waals surface area contributed by atoms with Crippen LogP contribution in [0.4, 0.5) is 0 Å². The van der Waals surface area contributed by atoms with Gasteiger partial charge in [0.05, 0.1) is 12.9 Å². The first-order chi connectivity index (χ1) is 12.3. The number of aliphatic hydroxyl groups is 1. The summed E-state index contributed by atoms with van der Waals surface area (Å²) < 4.78 is 0. The molecule has 4 atom stereocenters. The zero-order valence-electron chi connectivity index (χ0n) is 16.7. The molecule has 2 aliphatic carbocycles. The van der Waals surface area contributed by atoms with Gasteiger partial charge < -0.3 is 5.11 Å². The van der Waals surface area contributed by atoms with Crippen molar-refractivity contribution in [2.24, 2.45) is 11.8 Å². The average Bonchev–Trinajstić information content (AvgIpc) is 3.25. The normalized spacial score (nSPS) is 26.4. The summed E-state index contributed by atoms with van der Waals surface area (Å²) in [7, 11) is 0.723. The largest absolute Gasteiger partial charge is 0.396 e. The Hall–Kier alpha value is 0.660. The monoisotopic (exact) mass is 387 g/mol. The molecule has 0 heterocycles. The molecule has 0 radical (unpaired) electrons.